The summed E-state index contributed by atoms with van der Waals surface area (Å²) >= 11 is 11.7. The molecule has 0 saturated heterocycles. The van der Waals surface area contributed by atoms with E-state index in [1.165, 1.54) is 12.1 Å². The Labute approximate surface area is 123 Å². The predicted octanol–water partition coefficient (Wildman–Crippen LogP) is 2.92. The molecule has 1 aromatic heterocycles. The van der Waals surface area contributed by atoms with Gasteiger partial charge in [0, 0.05) is 0 Å². The molecule has 0 atom stereocenters. The summed E-state index contributed by atoms with van der Waals surface area (Å²) in [5.74, 6) is -0.755. The van der Waals surface area contributed by atoms with Crippen LogP contribution in [0, 0.1) is 5.82 Å². The van der Waals surface area contributed by atoms with Crippen LogP contribution in [-0.2, 0) is 6.42 Å². The van der Waals surface area contributed by atoms with E-state index in [-0.39, 0.29) is 21.4 Å². The highest BCUT2D eigenvalue weighted by Crippen LogP contribution is 2.21. The van der Waals surface area contributed by atoms with Gasteiger partial charge in [-0.1, -0.05) is 42.6 Å². The number of hydrogen-bond acceptors (Lipinski definition) is 2. The number of benzene rings is 1. The van der Waals surface area contributed by atoms with E-state index in [9.17, 15) is 14.0 Å². The second-order valence-electron chi connectivity index (χ2n) is 4.18. The van der Waals surface area contributed by atoms with Crippen LogP contribution in [0.15, 0.2) is 27.8 Å². The van der Waals surface area contributed by atoms with Gasteiger partial charge >= 0.3 is 5.69 Å². The van der Waals surface area contributed by atoms with Gasteiger partial charge in [-0.25, -0.2) is 13.8 Å². The Morgan fingerprint density at radius 1 is 1.30 bits per heavy atom. The van der Waals surface area contributed by atoms with Gasteiger partial charge in [0.25, 0.3) is 5.56 Å². The topological polar surface area (TPSA) is 54.9 Å². The molecule has 0 saturated carbocycles. The van der Waals surface area contributed by atoms with Gasteiger partial charge in [-0.05, 0) is 18.6 Å². The number of H-pyrrole nitrogens is 1. The van der Waals surface area contributed by atoms with Crippen molar-refractivity contribution in [3.8, 4) is 5.69 Å². The molecule has 0 amide bonds. The SMILES string of the molecule is CCCc1c(Cl)[nH]c(=O)n(-c2c(F)cccc2Cl)c1=O. The molecule has 0 radical (unpaired) electrons. The molecule has 0 fully saturated rings. The average molecular weight is 317 g/mol. The van der Waals surface area contributed by atoms with Crippen LogP contribution >= 0.6 is 23.2 Å². The number of hydrogen-bond donors (Lipinski definition) is 1. The molecule has 20 heavy (non-hydrogen) atoms. The van der Waals surface area contributed by atoms with Crippen LogP contribution in [-0.4, -0.2) is 9.55 Å². The van der Waals surface area contributed by atoms with E-state index in [2.05, 4.69) is 4.98 Å². The third kappa shape index (κ3) is 2.51. The first kappa shape index (κ1) is 14.8. The number of nitrogens with one attached hydrogen (secondary N) is 1. The third-order valence-corrected chi connectivity index (χ3v) is 3.43. The van der Waals surface area contributed by atoms with E-state index in [4.69, 9.17) is 23.2 Å². The van der Waals surface area contributed by atoms with Crippen LogP contribution in [0.25, 0.3) is 5.69 Å². The number of aromatic amines is 1. The fourth-order valence-electron chi connectivity index (χ4n) is 1.92. The van der Waals surface area contributed by atoms with Crippen molar-refractivity contribution in [2.24, 2.45) is 0 Å². The molecule has 1 N–H and O–H groups in total. The number of para-hydroxylation sites is 1. The van der Waals surface area contributed by atoms with E-state index in [0.29, 0.717) is 17.4 Å². The number of nitrogens with zero attached hydrogens (tertiary/aromatic N) is 1. The van der Waals surface area contributed by atoms with Gasteiger partial charge in [0.05, 0.1) is 10.6 Å². The molecule has 2 aromatic rings. The highest BCUT2D eigenvalue weighted by Gasteiger charge is 2.18. The summed E-state index contributed by atoms with van der Waals surface area (Å²) in [6.45, 7) is 1.86. The fraction of sp³-hybridized carbons (Fsp3) is 0.231. The molecule has 0 aliphatic rings. The first-order chi connectivity index (χ1) is 9.47. The van der Waals surface area contributed by atoms with E-state index < -0.39 is 17.1 Å². The van der Waals surface area contributed by atoms with Gasteiger partial charge in [-0.3, -0.25) is 9.78 Å². The molecule has 0 aliphatic heterocycles. The molecule has 4 nitrogen and oxygen atoms in total. The summed E-state index contributed by atoms with van der Waals surface area (Å²) < 4.78 is 14.6. The fourth-order valence-corrected chi connectivity index (χ4v) is 2.42. The quantitative estimate of drug-likeness (QED) is 0.885. The molecule has 106 valence electrons. The molecule has 1 heterocycles. The smallest absolute Gasteiger partial charge is 0.297 e. The van der Waals surface area contributed by atoms with E-state index >= 15 is 0 Å². The summed E-state index contributed by atoms with van der Waals surface area (Å²) in [7, 11) is 0. The number of rotatable bonds is 3. The van der Waals surface area contributed by atoms with Crippen LogP contribution in [0.2, 0.25) is 10.2 Å². The van der Waals surface area contributed by atoms with Gasteiger partial charge in [0.1, 0.15) is 16.7 Å². The van der Waals surface area contributed by atoms with Crippen molar-refractivity contribution in [3.63, 3.8) is 0 Å². The maximum atomic E-state index is 13.9. The van der Waals surface area contributed by atoms with Crippen molar-refractivity contribution < 1.29 is 4.39 Å². The zero-order valence-corrected chi connectivity index (χ0v) is 12.1. The zero-order chi connectivity index (χ0) is 14.9. The maximum Gasteiger partial charge on any atom is 0.334 e. The first-order valence-corrected chi connectivity index (χ1v) is 6.71. The van der Waals surface area contributed by atoms with Gasteiger partial charge in [-0.15, -0.1) is 0 Å². The number of aromatic nitrogens is 2. The van der Waals surface area contributed by atoms with Crippen LogP contribution in [0.4, 0.5) is 4.39 Å². The zero-order valence-electron chi connectivity index (χ0n) is 10.5. The van der Waals surface area contributed by atoms with Crippen molar-refractivity contribution in [2.75, 3.05) is 0 Å². The highest BCUT2D eigenvalue weighted by atomic mass is 35.5. The lowest BCUT2D eigenvalue weighted by Gasteiger charge is -2.10. The Balaban J connectivity index is 2.85. The normalized spacial score (nSPS) is 10.8. The third-order valence-electron chi connectivity index (χ3n) is 2.81. The molecule has 2 rings (SSSR count). The summed E-state index contributed by atoms with van der Waals surface area (Å²) in [6.07, 6.45) is 1.03. The predicted molar refractivity (Wildman–Crippen MR) is 76.6 cm³/mol. The second kappa shape index (κ2) is 5.81. The van der Waals surface area contributed by atoms with Crippen molar-refractivity contribution >= 4 is 23.2 Å². The molecule has 0 unspecified atom stereocenters. The van der Waals surface area contributed by atoms with Crippen molar-refractivity contribution in [3.05, 3.63) is 60.6 Å². The van der Waals surface area contributed by atoms with Crippen molar-refractivity contribution in [1.82, 2.24) is 9.55 Å². The first-order valence-electron chi connectivity index (χ1n) is 5.95. The standard InChI is InChI=1S/C13H11Cl2FN2O2/c1-2-4-7-11(15)17-13(20)18(12(7)19)10-8(14)5-3-6-9(10)16/h3,5-6H,2,4H2,1H3,(H,17,20). The summed E-state index contributed by atoms with van der Waals surface area (Å²) in [5, 5.41) is -0.0482. The van der Waals surface area contributed by atoms with E-state index in [0.717, 1.165) is 6.07 Å². The minimum atomic E-state index is -0.827. The second-order valence-corrected chi connectivity index (χ2v) is 4.97. The summed E-state index contributed by atoms with van der Waals surface area (Å²) in [6, 6.07) is 3.92. The monoisotopic (exact) mass is 316 g/mol. The summed E-state index contributed by atoms with van der Waals surface area (Å²) in [4.78, 5) is 26.6. The van der Waals surface area contributed by atoms with E-state index in [1.54, 1.807) is 0 Å². The minimum absolute atomic E-state index is 0.0226. The lowest BCUT2D eigenvalue weighted by atomic mass is 10.2. The van der Waals surface area contributed by atoms with Gasteiger partial charge < -0.3 is 0 Å². The van der Waals surface area contributed by atoms with Crippen LogP contribution in [0.1, 0.15) is 18.9 Å². The average Bonchev–Trinajstić information content (AvgIpc) is 2.37. The van der Waals surface area contributed by atoms with Crippen LogP contribution in [0.3, 0.4) is 0 Å². The van der Waals surface area contributed by atoms with E-state index in [1.807, 2.05) is 6.92 Å². The Kier molecular flexibility index (Phi) is 4.30. The van der Waals surface area contributed by atoms with Gasteiger partial charge in [-0.2, -0.15) is 0 Å². The lowest BCUT2D eigenvalue weighted by molar-refractivity contribution is 0.611. The molecule has 7 heteroatoms. The Bertz CT molecular complexity index is 748. The van der Waals surface area contributed by atoms with Crippen LogP contribution in [0.5, 0.6) is 0 Å². The minimum Gasteiger partial charge on any atom is -0.297 e. The Morgan fingerprint density at radius 3 is 2.60 bits per heavy atom. The van der Waals surface area contributed by atoms with Crippen molar-refractivity contribution in [1.29, 1.82) is 0 Å². The van der Waals surface area contributed by atoms with Gasteiger partial charge in [0.2, 0.25) is 0 Å². The highest BCUT2D eigenvalue weighted by molar-refractivity contribution is 6.32. The maximum absolute atomic E-state index is 13.9. The molecule has 0 aliphatic carbocycles. The lowest BCUT2D eigenvalue weighted by Crippen LogP contribution is -2.36. The molecular weight excluding hydrogens is 306 g/mol. The Morgan fingerprint density at radius 2 is 2.00 bits per heavy atom. The summed E-state index contributed by atoms with van der Waals surface area (Å²) in [5.41, 5.74) is -1.53. The van der Waals surface area contributed by atoms with Crippen molar-refractivity contribution in [2.45, 2.75) is 19.8 Å². The number of halogens is 3. The van der Waals surface area contributed by atoms with Gasteiger partial charge in [0.15, 0.2) is 0 Å². The molecule has 1 aromatic carbocycles. The van der Waals surface area contributed by atoms with Crippen LogP contribution < -0.4 is 11.2 Å². The Hall–Kier alpha value is -1.59. The molecular formula is C13H11Cl2FN2O2. The molecule has 0 spiro atoms. The largest absolute Gasteiger partial charge is 0.334 e. The molecule has 0 bridgehead atoms.